The summed E-state index contributed by atoms with van der Waals surface area (Å²) in [5.74, 6) is -1.47. The van der Waals surface area contributed by atoms with Crippen molar-refractivity contribution in [3.05, 3.63) is 52.6 Å². The van der Waals surface area contributed by atoms with E-state index in [1.807, 2.05) is 0 Å². The molecule has 0 spiro atoms. The van der Waals surface area contributed by atoms with Gasteiger partial charge in [-0.15, -0.1) is 0 Å². The molecule has 146 valence electrons. The fraction of sp³-hybridized carbons (Fsp3) is 0.125. The van der Waals surface area contributed by atoms with Crippen LogP contribution in [0, 0.1) is 0 Å². The van der Waals surface area contributed by atoms with E-state index in [2.05, 4.69) is 25.0 Å². The number of hydrogen-bond acceptors (Lipinski definition) is 7. The molecule has 0 aliphatic heterocycles. The Hall–Kier alpha value is -3.83. The van der Waals surface area contributed by atoms with Gasteiger partial charge in [-0.1, -0.05) is 5.16 Å². The molecule has 1 aromatic carbocycles. The summed E-state index contributed by atoms with van der Waals surface area (Å²) < 4.78 is 47.9. The lowest BCUT2D eigenvalue weighted by Gasteiger charge is -2.14. The smallest absolute Gasteiger partial charge is 0.439 e. The molecule has 1 amide bonds. The molecular weight excluding hydrogens is 383 g/mol. The number of alkyl halides is 3. The van der Waals surface area contributed by atoms with Crippen LogP contribution in [0.3, 0.4) is 0 Å². The van der Waals surface area contributed by atoms with E-state index in [-0.39, 0.29) is 28.6 Å². The van der Waals surface area contributed by atoms with Crippen LogP contribution in [0.4, 0.5) is 24.7 Å². The van der Waals surface area contributed by atoms with Crippen LogP contribution in [-0.4, -0.2) is 27.6 Å². The van der Waals surface area contributed by atoms with Gasteiger partial charge >= 0.3 is 11.9 Å². The van der Waals surface area contributed by atoms with Crippen molar-refractivity contribution in [1.29, 1.82) is 0 Å². The standard InChI is InChI=1S/C16H12F3N5O4/c17-16(18,19)8-1-3-9(4-2-8)22-13-12(14-23-15(26)28-24-14)10(5-6-21-13)27-7-11(20)25/h1-6H,7H2,(H2,20,25)(H,21,22)(H,23,24,26). The first-order valence-corrected chi connectivity index (χ1v) is 7.65. The number of hydrogen-bond donors (Lipinski definition) is 3. The van der Waals surface area contributed by atoms with Gasteiger partial charge in [-0.3, -0.25) is 14.3 Å². The third-order valence-electron chi connectivity index (χ3n) is 3.43. The van der Waals surface area contributed by atoms with Gasteiger partial charge in [-0.2, -0.15) is 13.2 Å². The zero-order valence-corrected chi connectivity index (χ0v) is 13.9. The molecule has 0 unspecified atom stereocenters. The molecule has 0 aliphatic rings. The van der Waals surface area contributed by atoms with Gasteiger partial charge in [0.05, 0.1) is 5.56 Å². The average molecular weight is 395 g/mol. The second-order valence-electron chi connectivity index (χ2n) is 5.43. The first-order valence-electron chi connectivity index (χ1n) is 7.65. The molecule has 2 aromatic heterocycles. The zero-order chi connectivity index (χ0) is 20.3. The number of nitrogens with one attached hydrogen (secondary N) is 2. The molecule has 12 heteroatoms. The van der Waals surface area contributed by atoms with E-state index in [0.29, 0.717) is 0 Å². The van der Waals surface area contributed by atoms with E-state index >= 15 is 0 Å². The minimum atomic E-state index is -4.47. The summed E-state index contributed by atoms with van der Waals surface area (Å²) in [6.07, 6.45) is -3.14. The summed E-state index contributed by atoms with van der Waals surface area (Å²) in [5.41, 5.74) is 4.65. The van der Waals surface area contributed by atoms with Crippen LogP contribution in [-0.2, 0) is 11.0 Å². The summed E-state index contributed by atoms with van der Waals surface area (Å²) in [7, 11) is 0. The second kappa shape index (κ2) is 7.42. The number of H-pyrrole nitrogens is 1. The molecule has 0 saturated heterocycles. The third kappa shape index (κ3) is 4.28. The maximum atomic E-state index is 12.7. The van der Waals surface area contributed by atoms with Crippen molar-refractivity contribution in [2.75, 3.05) is 11.9 Å². The van der Waals surface area contributed by atoms with Gasteiger partial charge in [0, 0.05) is 11.9 Å². The summed E-state index contributed by atoms with van der Waals surface area (Å²) in [5, 5.41) is 6.36. The zero-order valence-electron chi connectivity index (χ0n) is 13.9. The number of carbonyl (C=O) groups excluding carboxylic acids is 1. The molecule has 0 saturated carbocycles. The Labute approximate surface area is 154 Å². The number of ether oxygens (including phenoxy) is 1. The second-order valence-corrected chi connectivity index (χ2v) is 5.43. The number of aromatic amines is 1. The molecule has 3 rings (SSSR count). The fourth-order valence-corrected chi connectivity index (χ4v) is 2.25. The summed E-state index contributed by atoms with van der Waals surface area (Å²) in [4.78, 5) is 28.7. The lowest BCUT2D eigenvalue weighted by atomic mass is 10.2. The molecule has 0 fully saturated rings. The Morgan fingerprint density at radius 1 is 1.25 bits per heavy atom. The van der Waals surface area contributed by atoms with Gasteiger partial charge in [-0.05, 0) is 30.3 Å². The van der Waals surface area contributed by atoms with Gasteiger partial charge in [0.1, 0.15) is 17.1 Å². The normalized spacial score (nSPS) is 11.2. The Morgan fingerprint density at radius 2 is 1.96 bits per heavy atom. The van der Waals surface area contributed by atoms with Crippen LogP contribution in [0.2, 0.25) is 0 Å². The van der Waals surface area contributed by atoms with Crippen LogP contribution in [0.5, 0.6) is 5.75 Å². The van der Waals surface area contributed by atoms with Crippen molar-refractivity contribution in [2.45, 2.75) is 6.18 Å². The molecule has 3 aromatic rings. The molecule has 4 N–H and O–H groups in total. The monoisotopic (exact) mass is 395 g/mol. The van der Waals surface area contributed by atoms with E-state index < -0.39 is 30.0 Å². The molecule has 2 heterocycles. The Kier molecular flexibility index (Phi) is 5.02. The molecule has 9 nitrogen and oxygen atoms in total. The maximum Gasteiger partial charge on any atom is 0.439 e. The van der Waals surface area contributed by atoms with Gasteiger partial charge in [-0.25, -0.2) is 9.78 Å². The molecule has 0 bridgehead atoms. The molecule has 0 aliphatic carbocycles. The van der Waals surface area contributed by atoms with Gasteiger partial charge in [0.25, 0.3) is 5.91 Å². The van der Waals surface area contributed by atoms with E-state index in [0.717, 1.165) is 12.1 Å². The van der Waals surface area contributed by atoms with Gasteiger partial charge < -0.3 is 15.8 Å². The highest BCUT2D eigenvalue weighted by atomic mass is 19.4. The highest BCUT2D eigenvalue weighted by Gasteiger charge is 2.30. The number of primary amides is 1. The van der Waals surface area contributed by atoms with Gasteiger partial charge in [0.15, 0.2) is 12.4 Å². The number of amides is 1. The first kappa shape index (κ1) is 18.9. The van der Waals surface area contributed by atoms with Crippen molar-refractivity contribution in [2.24, 2.45) is 5.73 Å². The summed E-state index contributed by atoms with van der Waals surface area (Å²) in [6, 6.07) is 5.59. The van der Waals surface area contributed by atoms with E-state index in [1.165, 1.54) is 24.4 Å². The first-order chi connectivity index (χ1) is 13.2. The quantitative estimate of drug-likeness (QED) is 0.581. The van der Waals surface area contributed by atoms with Crippen molar-refractivity contribution >= 4 is 17.4 Å². The summed E-state index contributed by atoms with van der Waals surface area (Å²) >= 11 is 0. The lowest BCUT2D eigenvalue weighted by Crippen LogP contribution is -2.20. The molecule has 28 heavy (non-hydrogen) atoms. The number of nitrogens with zero attached hydrogens (tertiary/aromatic N) is 2. The Morgan fingerprint density at radius 3 is 2.54 bits per heavy atom. The largest absolute Gasteiger partial charge is 0.483 e. The van der Waals surface area contributed by atoms with Crippen LogP contribution in [0.15, 0.2) is 45.8 Å². The van der Waals surface area contributed by atoms with Crippen molar-refractivity contribution in [3.63, 3.8) is 0 Å². The van der Waals surface area contributed by atoms with Crippen molar-refractivity contribution in [3.8, 4) is 17.1 Å². The predicted molar refractivity (Wildman–Crippen MR) is 89.8 cm³/mol. The van der Waals surface area contributed by atoms with Crippen LogP contribution >= 0.6 is 0 Å². The number of aromatic nitrogens is 3. The van der Waals surface area contributed by atoms with E-state index in [1.54, 1.807) is 0 Å². The molecular formula is C16H12F3N5O4. The average Bonchev–Trinajstić information content (AvgIpc) is 3.05. The Bertz CT molecular complexity index is 1040. The number of pyridine rings is 1. The number of benzene rings is 1. The highest BCUT2D eigenvalue weighted by molar-refractivity contribution is 5.80. The molecule has 0 radical (unpaired) electrons. The SMILES string of the molecule is NC(=O)COc1ccnc(Nc2ccc(C(F)(F)F)cc2)c1-c1noc(=O)[nH]1. The number of carbonyl (C=O) groups is 1. The minimum absolute atomic E-state index is 0.0630. The van der Waals surface area contributed by atoms with Crippen molar-refractivity contribution in [1.82, 2.24) is 15.1 Å². The minimum Gasteiger partial charge on any atom is -0.483 e. The highest BCUT2D eigenvalue weighted by Crippen LogP contribution is 2.35. The van der Waals surface area contributed by atoms with E-state index in [9.17, 15) is 22.8 Å². The topological polar surface area (TPSA) is 136 Å². The fourth-order valence-electron chi connectivity index (χ4n) is 2.25. The predicted octanol–water partition coefficient (Wildman–Crippen LogP) is 2.05. The maximum absolute atomic E-state index is 12.7. The van der Waals surface area contributed by atoms with E-state index in [4.69, 9.17) is 10.5 Å². The Balaban J connectivity index is 1.99. The summed E-state index contributed by atoms with van der Waals surface area (Å²) in [6.45, 7) is -0.460. The van der Waals surface area contributed by atoms with Crippen LogP contribution in [0.25, 0.3) is 11.4 Å². The number of rotatable bonds is 6. The van der Waals surface area contributed by atoms with Crippen LogP contribution < -0.4 is 21.5 Å². The molecule has 0 atom stereocenters. The van der Waals surface area contributed by atoms with Gasteiger partial charge in [0.2, 0.25) is 0 Å². The number of nitrogens with two attached hydrogens (primary N) is 1. The number of halogens is 3. The lowest BCUT2D eigenvalue weighted by molar-refractivity contribution is -0.137. The number of anilines is 2. The van der Waals surface area contributed by atoms with Crippen LogP contribution in [0.1, 0.15) is 5.56 Å². The van der Waals surface area contributed by atoms with Crippen molar-refractivity contribution < 1.29 is 27.2 Å². The third-order valence-corrected chi connectivity index (χ3v) is 3.43.